The van der Waals surface area contributed by atoms with E-state index in [0.29, 0.717) is 5.65 Å². The SMILES string of the molecule is [Pt+2].[c-]1c(-n2c3[c-]c(-n4c5nccnc5n5c6ccccc6nc45)ccc3c3ccccc32)cccc1-n1c2ccccc2n2c3ccccc3nc12. The molecule has 0 amide bonds. The van der Waals surface area contributed by atoms with Crippen LogP contribution < -0.4 is 0 Å². The van der Waals surface area contributed by atoms with Gasteiger partial charge in [-0.3, -0.25) is 13.4 Å². The molecule has 0 bridgehead atoms. The molecule has 0 aliphatic heterocycles. The molecule has 0 radical (unpaired) electrons. The van der Waals surface area contributed by atoms with Crippen LogP contribution in [-0.4, -0.2) is 42.4 Å². The van der Waals surface area contributed by atoms with Gasteiger partial charge in [-0.1, -0.05) is 77.2 Å². The summed E-state index contributed by atoms with van der Waals surface area (Å²) in [5.74, 6) is 1.58. The molecule has 0 saturated heterocycles. The average molecular weight is 849 g/mol. The van der Waals surface area contributed by atoms with Crippen LogP contribution in [0.15, 0.2) is 140 Å². The molecule has 0 aliphatic carbocycles. The molecule has 0 unspecified atom stereocenters. The molecule has 0 aliphatic rings. The topological polar surface area (TPSA) is 75.2 Å². The molecule has 0 saturated carbocycles. The van der Waals surface area contributed by atoms with Crippen LogP contribution in [0.25, 0.3) is 94.8 Å². The third-order valence-corrected chi connectivity index (χ3v) is 9.99. The monoisotopic (exact) mass is 848 g/mol. The first kappa shape index (κ1) is 29.2. The van der Waals surface area contributed by atoms with Crippen LogP contribution in [0.5, 0.6) is 0 Å². The van der Waals surface area contributed by atoms with Gasteiger partial charge in [0.25, 0.3) is 0 Å². The van der Waals surface area contributed by atoms with Crippen LogP contribution in [0.4, 0.5) is 0 Å². The summed E-state index contributed by atoms with van der Waals surface area (Å²) in [6, 6.07) is 51.5. The summed E-state index contributed by atoms with van der Waals surface area (Å²) in [5, 5.41) is 2.23. The molecule has 0 atom stereocenters. The smallest absolute Gasteiger partial charge is 0.358 e. The van der Waals surface area contributed by atoms with Crippen molar-refractivity contribution >= 4 is 77.8 Å². The van der Waals surface area contributed by atoms with Crippen LogP contribution in [0.3, 0.4) is 0 Å². The van der Waals surface area contributed by atoms with Crippen molar-refractivity contribution in [1.29, 1.82) is 0 Å². The molecule has 6 aromatic heterocycles. The molecule has 10 heteroatoms. The largest absolute Gasteiger partial charge is 2.00 e. The van der Waals surface area contributed by atoms with Crippen molar-refractivity contribution in [3.05, 3.63) is 152 Å². The minimum Gasteiger partial charge on any atom is -0.358 e. The van der Waals surface area contributed by atoms with Crippen molar-refractivity contribution in [2.75, 3.05) is 0 Å². The maximum Gasteiger partial charge on any atom is 2.00 e. The van der Waals surface area contributed by atoms with Gasteiger partial charge in [0.1, 0.15) is 0 Å². The quantitative estimate of drug-likeness (QED) is 0.167. The maximum atomic E-state index is 5.10. The summed E-state index contributed by atoms with van der Waals surface area (Å²) in [7, 11) is 0. The molecule has 0 fully saturated rings. The molecule has 0 N–H and O–H groups in total. The van der Waals surface area contributed by atoms with Crippen molar-refractivity contribution in [2.45, 2.75) is 0 Å². The van der Waals surface area contributed by atoms with E-state index in [1.807, 2.05) is 24.3 Å². The van der Waals surface area contributed by atoms with Gasteiger partial charge in [0.2, 0.25) is 11.6 Å². The summed E-state index contributed by atoms with van der Waals surface area (Å²) >= 11 is 0. The average Bonchev–Trinajstić information content (AvgIpc) is 3.97. The number of fused-ring (bicyclic) bond motifs is 13. The van der Waals surface area contributed by atoms with Gasteiger partial charge < -0.3 is 9.13 Å². The predicted molar refractivity (Wildman–Crippen MR) is 200 cm³/mol. The number of hydrogen-bond donors (Lipinski definition) is 0. The van der Waals surface area contributed by atoms with E-state index in [1.54, 1.807) is 12.4 Å². The number of nitrogens with zero attached hydrogens (tertiary/aromatic N) is 9. The zero-order chi connectivity index (χ0) is 33.2. The number of rotatable bonds is 3. The molecule has 246 valence electrons. The van der Waals surface area contributed by atoms with Crippen LogP contribution in [0.2, 0.25) is 0 Å². The van der Waals surface area contributed by atoms with Gasteiger partial charge in [0.15, 0.2) is 11.3 Å². The van der Waals surface area contributed by atoms with Crippen LogP contribution >= 0.6 is 0 Å². The van der Waals surface area contributed by atoms with Gasteiger partial charge in [-0.05, 0) is 47.9 Å². The third-order valence-electron chi connectivity index (χ3n) is 9.99. The van der Waals surface area contributed by atoms with Crippen LogP contribution in [0.1, 0.15) is 0 Å². The second-order valence-corrected chi connectivity index (χ2v) is 12.7. The first-order valence-electron chi connectivity index (χ1n) is 16.8. The van der Waals surface area contributed by atoms with E-state index < -0.39 is 0 Å². The summed E-state index contributed by atoms with van der Waals surface area (Å²) < 4.78 is 10.8. The Morgan fingerprint density at radius 2 is 0.981 bits per heavy atom. The Kier molecular flexibility index (Phi) is 6.01. The van der Waals surface area contributed by atoms with Crippen molar-refractivity contribution in [1.82, 2.24) is 42.4 Å². The summed E-state index contributed by atoms with van der Waals surface area (Å²) in [5.41, 5.74) is 12.1. The molecular formula is C42H23N9Pt. The number of benzene rings is 6. The van der Waals surface area contributed by atoms with E-state index in [4.69, 9.17) is 19.9 Å². The fraction of sp³-hybridized carbons (Fsp3) is 0. The molecule has 12 aromatic rings. The van der Waals surface area contributed by atoms with Crippen molar-refractivity contribution in [3.8, 4) is 17.1 Å². The molecule has 9 nitrogen and oxygen atoms in total. The zero-order valence-electron chi connectivity index (χ0n) is 27.1. The number of aromatic nitrogens is 9. The zero-order valence-corrected chi connectivity index (χ0v) is 29.4. The Morgan fingerprint density at radius 1 is 0.404 bits per heavy atom. The molecule has 0 spiro atoms. The maximum absolute atomic E-state index is 5.10. The van der Waals surface area contributed by atoms with Gasteiger partial charge in [-0.25, -0.2) is 19.9 Å². The van der Waals surface area contributed by atoms with Crippen molar-refractivity contribution in [2.24, 2.45) is 0 Å². The Balaban J connectivity index is 0.00000320. The van der Waals surface area contributed by atoms with E-state index >= 15 is 0 Å². The Labute approximate surface area is 308 Å². The Bertz CT molecular complexity index is 3390. The predicted octanol–water partition coefficient (Wildman–Crippen LogP) is 8.66. The van der Waals surface area contributed by atoms with Crippen LogP contribution in [-0.2, 0) is 21.1 Å². The Morgan fingerprint density at radius 3 is 1.75 bits per heavy atom. The normalized spacial score (nSPS) is 12.1. The molecule has 52 heavy (non-hydrogen) atoms. The van der Waals surface area contributed by atoms with Gasteiger partial charge >= 0.3 is 21.1 Å². The fourth-order valence-corrected chi connectivity index (χ4v) is 7.88. The number of para-hydroxylation sites is 7. The molecule has 6 aromatic carbocycles. The Hall–Kier alpha value is -6.57. The standard InChI is InChI=1S/C42H23N9.Pt/c1-4-15-33-29(12-1)30-21-20-28(49-39-40(44-23-22-43-39)51-35-17-6-3-14-32(35)46-42(49)51)25-38(30)47(33)26-10-9-11-27(24-26)48-36-18-7-8-19-37(36)50-34-16-5-2-13-31(34)45-41(48)50;/h1-23H;/q-2;+2. The van der Waals surface area contributed by atoms with E-state index in [1.165, 1.54) is 0 Å². The number of imidazole rings is 4. The van der Waals surface area contributed by atoms with E-state index in [2.05, 4.69) is 138 Å². The molecule has 6 heterocycles. The van der Waals surface area contributed by atoms with E-state index in [-0.39, 0.29) is 21.1 Å². The minimum atomic E-state index is 0. The summed E-state index contributed by atoms with van der Waals surface area (Å²) in [6.07, 6.45) is 3.45. The van der Waals surface area contributed by atoms with Gasteiger partial charge in [0.05, 0.1) is 33.1 Å². The van der Waals surface area contributed by atoms with E-state index in [0.717, 1.165) is 89.2 Å². The van der Waals surface area contributed by atoms with Gasteiger partial charge in [-0.2, -0.15) is 12.1 Å². The first-order valence-corrected chi connectivity index (χ1v) is 16.8. The molecule has 12 rings (SSSR count). The summed E-state index contributed by atoms with van der Waals surface area (Å²) in [4.78, 5) is 19.7. The molecular weight excluding hydrogens is 826 g/mol. The number of hydrogen-bond acceptors (Lipinski definition) is 4. The summed E-state index contributed by atoms with van der Waals surface area (Å²) in [6.45, 7) is 0. The fourth-order valence-electron chi connectivity index (χ4n) is 7.88. The van der Waals surface area contributed by atoms with Gasteiger partial charge in [-0.15, -0.1) is 35.7 Å². The van der Waals surface area contributed by atoms with Gasteiger partial charge in [0, 0.05) is 17.9 Å². The van der Waals surface area contributed by atoms with Crippen molar-refractivity contribution < 1.29 is 21.1 Å². The second-order valence-electron chi connectivity index (χ2n) is 12.7. The van der Waals surface area contributed by atoms with Crippen LogP contribution in [0, 0.1) is 12.1 Å². The third kappa shape index (κ3) is 3.80. The first-order chi connectivity index (χ1) is 25.3. The van der Waals surface area contributed by atoms with E-state index in [9.17, 15) is 0 Å². The second kappa shape index (κ2) is 10.7. The van der Waals surface area contributed by atoms with Crippen molar-refractivity contribution in [3.63, 3.8) is 0 Å². The minimum absolute atomic E-state index is 0.